The van der Waals surface area contributed by atoms with Crippen LogP contribution in [0.25, 0.3) is 5.57 Å². The first kappa shape index (κ1) is 18.8. The summed E-state index contributed by atoms with van der Waals surface area (Å²) in [5, 5.41) is 9.65. The van der Waals surface area contributed by atoms with Crippen LogP contribution in [0.4, 0.5) is 4.39 Å². The third-order valence-electron chi connectivity index (χ3n) is 3.19. The lowest BCUT2D eigenvalue weighted by Gasteiger charge is -2.17. The van der Waals surface area contributed by atoms with Gasteiger partial charge in [-0.1, -0.05) is 18.2 Å². The van der Waals surface area contributed by atoms with Crippen LogP contribution < -0.4 is 0 Å². The summed E-state index contributed by atoms with van der Waals surface area (Å²) in [4.78, 5) is 11.8. The zero-order valence-electron chi connectivity index (χ0n) is 11.6. The third kappa shape index (κ3) is 3.62. The highest BCUT2D eigenvalue weighted by atomic mass is 79.9. The van der Waals surface area contributed by atoms with E-state index in [1.54, 1.807) is 25.1 Å². The van der Waals surface area contributed by atoms with E-state index in [0.29, 0.717) is 29.0 Å². The number of benzene rings is 2. The van der Waals surface area contributed by atoms with Crippen molar-refractivity contribution in [3.8, 4) is 0 Å². The molecule has 0 atom stereocenters. The van der Waals surface area contributed by atoms with Crippen molar-refractivity contribution < 1.29 is 14.3 Å². The van der Waals surface area contributed by atoms with E-state index in [0.717, 1.165) is 5.56 Å². The summed E-state index contributed by atoms with van der Waals surface area (Å²) in [6.07, 6.45) is 1.80. The SMILES string of the molecule is C/C=C(\c1ccc(F)cc1)c1c(Br)c(Br)c(Br)c(Br)c1C(=O)O. The lowest BCUT2D eigenvalue weighted by Crippen LogP contribution is -2.07. The summed E-state index contributed by atoms with van der Waals surface area (Å²) < 4.78 is 15.5. The summed E-state index contributed by atoms with van der Waals surface area (Å²) in [5.74, 6) is -1.41. The molecule has 2 aromatic rings. The number of rotatable bonds is 3. The van der Waals surface area contributed by atoms with Crippen LogP contribution in [-0.2, 0) is 0 Å². The minimum absolute atomic E-state index is 0.115. The number of hydrogen-bond donors (Lipinski definition) is 1. The Kier molecular flexibility index (Phi) is 6.22. The Bertz CT molecular complexity index is 814. The first-order valence-electron chi connectivity index (χ1n) is 6.31. The van der Waals surface area contributed by atoms with Gasteiger partial charge in [0.1, 0.15) is 5.82 Å². The Morgan fingerprint density at radius 3 is 1.87 bits per heavy atom. The zero-order valence-corrected chi connectivity index (χ0v) is 18.0. The van der Waals surface area contributed by atoms with Gasteiger partial charge < -0.3 is 5.11 Å². The van der Waals surface area contributed by atoms with Crippen LogP contribution in [0.5, 0.6) is 0 Å². The summed E-state index contributed by atoms with van der Waals surface area (Å²) in [6, 6.07) is 5.92. The third-order valence-corrected chi connectivity index (χ3v) is 7.96. The van der Waals surface area contributed by atoms with Gasteiger partial charge in [0.15, 0.2) is 0 Å². The molecule has 0 aliphatic heterocycles. The quantitative estimate of drug-likeness (QED) is 0.317. The predicted molar refractivity (Wildman–Crippen MR) is 103 cm³/mol. The minimum atomic E-state index is -1.07. The molecule has 1 N–H and O–H groups in total. The predicted octanol–water partition coefficient (Wildman–Crippen LogP) is 7.03. The molecule has 0 amide bonds. The molecule has 0 fully saturated rings. The topological polar surface area (TPSA) is 37.3 Å². The zero-order chi connectivity index (χ0) is 17.3. The Morgan fingerprint density at radius 2 is 1.43 bits per heavy atom. The Balaban J connectivity index is 2.84. The fourth-order valence-electron chi connectivity index (χ4n) is 2.17. The van der Waals surface area contributed by atoms with Gasteiger partial charge in [0, 0.05) is 23.5 Å². The molecule has 23 heavy (non-hydrogen) atoms. The lowest BCUT2D eigenvalue weighted by molar-refractivity contribution is 0.0695. The Hall–Kier alpha value is -0.500. The monoisotopic (exact) mass is 568 g/mol. The second-order valence-corrected chi connectivity index (χ2v) is 7.69. The van der Waals surface area contributed by atoms with Crippen molar-refractivity contribution in [2.45, 2.75) is 6.92 Å². The average molecular weight is 572 g/mol. The van der Waals surface area contributed by atoms with Crippen LogP contribution in [0.2, 0.25) is 0 Å². The highest BCUT2D eigenvalue weighted by Crippen LogP contribution is 2.45. The smallest absolute Gasteiger partial charge is 0.337 e. The number of carbonyl (C=O) groups is 1. The Morgan fingerprint density at radius 1 is 0.957 bits per heavy atom. The van der Waals surface area contributed by atoms with Crippen LogP contribution >= 0.6 is 63.7 Å². The van der Waals surface area contributed by atoms with Crippen molar-refractivity contribution >= 4 is 75.3 Å². The summed E-state index contributed by atoms with van der Waals surface area (Å²) in [7, 11) is 0. The molecule has 0 heterocycles. The van der Waals surface area contributed by atoms with Crippen LogP contribution in [-0.4, -0.2) is 11.1 Å². The average Bonchev–Trinajstić information content (AvgIpc) is 2.52. The second-order valence-electron chi connectivity index (χ2n) is 4.52. The molecule has 0 spiro atoms. The van der Waals surface area contributed by atoms with Gasteiger partial charge in [-0.2, -0.15) is 0 Å². The number of carboxylic acids is 1. The van der Waals surface area contributed by atoms with Crippen molar-refractivity contribution in [3.63, 3.8) is 0 Å². The van der Waals surface area contributed by atoms with Gasteiger partial charge in [-0.3, -0.25) is 0 Å². The van der Waals surface area contributed by atoms with E-state index in [1.807, 2.05) is 0 Å². The maximum absolute atomic E-state index is 13.2. The van der Waals surface area contributed by atoms with Crippen molar-refractivity contribution in [1.29, 1.82) is 0 Å². The molecule has 0 aliphatic rings. The fourth-order valence-corrected chi connectivity index (χ4v) is 4.67. The number of halogens is 5. The van der Waals surface area contributed by atoms with Crippen LogP contribution in [0.15, 0.2) is 48.2 Å². The van der Waals surface area contributed by atoms with Gasteiger partial charge in [-0.15, -0.1) is 0 Å². The van der Waals surface area contributed by atoms with E-state index in [4.69, 9.17) is 0 Å². The fraction of sp³-hybridized carbons (Fsp3) is 0.0625. The molecule has 2 aromatic carbocycles. The van der Waals surface area contributed by atoms with E-state index in [1.165, 1.54) is 12.1 Å². The van der Waals surface area contributed by atoms with Gasteiger partial charge >= 0.3 is 5.97 Å². The van der Waals surface area contributed by atoms with E-state index < -0.39 is 5.97 Å². The summed E-state index contributed by atoms with van der Waals surface area (Å²) in [5.41, 5.74) is 2.03. The van der Waals surface area contributed by atoms with Crippen molar-refractivity contribution in [3.05, 3.63) is 70.7 Å². The molecule has 0 saturated heterocycles. The molecule has 7 heteroatoms. The molecule has 0 bridgehead atoms. The molecule has 2 nitrogen and oxygen atoms in total. The number of hydrogen-bond acceptors (Lipinski definition) is 1. The van der Waals surface area contributed by atoms with Crippen LogP contribution in [0, 0.1) is 5.82 Å². The molecule has 0 aromatic heterocycles. The first-order chi connectivity index (χ1) is 10.8. The van der Waals surface area contributed by atoms with Crippen molar-refractivity contribution in [2.24, 2.45) is 0 Å². The van der Waals surface area contributed by atoms with Gasteiger partial charge in [0.2, 0.25) is 0 Å². The van der Waals surface area contributed by atoms with Crippen LogP contribution in [0.1, 0.15) is 28.4 Å². The largest absolute Gasteiger partial charge is 0.478 e. The van der Waals surface area contributed by atoms with E-state index in [9.17, 15) is 14.3 Å². The van der Waals surface area contributed by atoms with Gasteiger partial charge in [0.25, 0.3) is 0 Å². The molecule has 0 radical (unpaired) electrons. The van der Waals surface area contributed by atoms with Crippen molar-refractivity contribution in [2.75, 3.05) is 0 Å². The number of aromatic carboxylic acids is 1. The molecule has 120 valence electrons. The summed E-state index contributed by atoms with van der Waals surface area (Å²) in [6.45, 7) is 1.81. The van der Waals surface area contributed by atoms with E-state index in [2.05, 4.69) is 63.7 Å². The van der Waals surface area contributed by atoms with Crippen molar-refractivity contribution in [1.82, 2.24) is 0 Å². The maximum atomic E-state index is 13.2. The highest BCUT2D eigenvalue weighted by Gasteiger charge is 2.26. The molecule has 0 saturated carbocycles. The van der Waals surface area contributed by atoms with E-state index >= 15 is 0 Å². The normalized spacial score (nSPS) is 11.7. The maximum Gasteiger partial charge on any atom is 0.337 e. The Labute approximate surface area is 166 Å². The molecule has 2 rings (SSSR count). The molecular weight excluding hydrogens is 563 g/mol. The molecular formula is C16H9Br4FO2. The second kappa shape index (κ2) is 7.59. The standard InChI is InChI=1S/C16H9Br4FO2/c1-2-9(7-3-5-8(21)6-4-7)10-11(16(22)23)13(18)15(20)14(19)12(10)17/h2-6H,1H3,(H,22,23)/b9-2+. The lowest BCUT2D eigenvalue weighted by atomic mass is 9.93. The number of allylic oxidation sites excluding steroid dienone is 1. The van der Waals surface area contributed by atoms with Crippen LogP contribution in [0.3, 0.4) is 0 Å². The van der Waals surface area contributed by atoms with Gasteiger partial charge in [-0.25, -0.2) is 9.18 Å². The molecule has 0 aliphatic carbocycles. The first-order valence-corrected chi connectivity index (χ1v) is 9.48. The summed E-state index contributed by atoms with van der Waals surface area (Å²) >= 11 is 13.6. The highest BCUT2D eigenvalue weighted by molar-refractivity contribution is 9.15. The van der Waals surface area contributed by atoms with Gasteiger partial charge in [-0.05, 0) is 93.9 Å². The van der Waals surface area contributed by atoms with Gasteiger partial charge in [0.05, 0.1) is 5.56 Å². The molecule has 0 unspecified atom stereocenters. The number of carboxylic acid groups (broad SMARTS) is 1. The van der Waals surface area contributed by atoms with E-state index in [-0.39, 0.29) is 11.4 Å². The minimum Gasteiger partial charge on any atom is -0.478 e.